The van der Waals surface area contributed by atoms with E-state index in [4.69, 9.17) is 9.05 Å². The molecule has 0 aliphatic carbocycles. The first-order valence-electron chi connectivity index (χ1n) is 7.09. The Balaban J connectivity index is 2.69. The van der Waals surface area contributed by atoms with Crippen LogP contribution in [0.1, 0.15) is 45.1 Å². The van der Waals surface area contributed by atoms with Crippen LogP contribution in [0.5, 0.6) is 5.75 Å². The van der Waals surface area contributed by atoms with Crippen LogP contribution in [0.4, 0.5) is 0 Å². The lowest BCUT2D eigenvalue weighted by atomic mass is 10.2. The van der Waals surface area contributed by atoms with Crippen molar-refractivity contribution in [2.45, 2.75) is 46.5 Å². The molecule has 1 aromatic carbocycles. The number of hydrogen-bond donors (Lipinski definition) is 0. The van der Waals surface area contributed by atoms with Crippen molar-refractivity contribution in [1.29, 1.82) is 0 Å². The number of benzene rings is 1. The van der Waals surface area contributed by atoms with E-state index in [9.17, 15) is 4.57 Å². The largest absolute Gasteiger partial charge is 0.424 e. The predicted octanol–water partition coefficient (Wildman–Crippen LogP) is 5.18. The van der Waals surface area contributed by atoms with Gasteiger partial charge in [-0.15, -0.1) is 0 Å². The molecule has 0 bridgehead atoms. The standard InChI is InChI=1S/C15H25O3P/c1-4-6-11-17-19(16,12-7-5-2)18-15-10-8-9-14(3)13-15/h8-10,13H,4-7,11-12H2,1-3H3. The highest BCUT2D eigenvalue weighted by atomic mass is 31.2. The second-order valence-electron chi connectivity index (χ2n) is 4.78. The summed E-state index contributed by atoms with van der Waals surface area (Å²) >= 11 is 0. The number of aryl methyl sites for hydroxylation is 1. The molecule has 1 unspecified atom stereocenters. The van der Waals surface area contributed by atoms with Crippen molar-refractivity contribution >= 4 is 7.60 Å². The minimum absolute atomic E-state index is 0.487. The summed E-state index contributed by atoms with van der Waals surface area (Å²) in [7, 11) is -3.01. The van der Waals surface area contributed by atoms with Crippen LogP contribution in [-0.4, -0.2) is 12.8 Å². The van der Waals surface area contributed by atoms with Crippen LogP contribution in [0.2, 0.25) is 0 Å². The zero-order valence-corrected chi connectivity index (χ0v) is 13.1. The van der Waals surface area contributed by atoms with Gasteiger partial charge in [0, 0.05) is 0 Å². The van der Waals surface area contributed by atoms with Gasteiger partial charge in [-0.25, -0.2) is 4.57 Å². The first-order valence-corrected chi connectivity index (χ1v) is 8.82. The van der Waals surface area contributed by atoms with Crippen LogP contribution in [-0.2, 0) is 9.09 Å². The third kappa shape index (κ3) is 6.26. The van der Waals surface area contributed by atoms with Crippen molar-refractivity contribution in [3.63, 3.8) is 0 Å². The second kappa shape index (κ2) is 8.39. The molecule has 0 saturated carbocycles. The quantitative estimate of drug-likeness (QED) is 0.463. The molecule has 19 heavy (non-hydrogen) atoms. The molecule has 108 valence electrons. The van der Waals surface area contributed by atoms with E-state index in [2.05, 4.69) is 13.8 Å². The summed E-state index contributed by atoms with van der Waals surface area (Å²) in [6, 6.07) is 7.61. The minimum atomic E-state index is -3.01. The molecule has 0 heterocycles. The molecular weight excluding hydrogens is 259 g/mol. The summed E-state index contributed by atoms with van der Waals surface area (Å²) < 4.78 is 23.9. The van der Waals surface area contributed by atoms with Crippen LogP contribution >= 0.6 is 7.60 Å². The zero-order chi connectivity index (χ0) is 14.1. The summed E-state index contributed by atoms with van der Waals surface area (Å²) in [6.45, 7) is 6.65. The normalized spacial score (nSPS) is 14.1. The highest BCUT2D eigenvalue weighted by Gasteiger charge is 2.25. The van der Waals surface area contributed by atoms with Gasteiger partial charge in [-0.3, -0.25) is 4.52 Å². The van der Waals surface area contributed by atoms with Gasteiger partial charge in [0.25, 0.3) is 0 Å². The minimum Gasteiger partial charge on any atom is -0.424 e. The van der Waals surface area contributed by atoms with Crippen molar-refractivity contribution in [3.8, 4) is 5.75 Å². The SMILES string of the molecule is CCCCOP(=O)(CCCC)Oc1cccc(C)c1. The van der Waals surface area contributed by atoms with Gasteiger partial charge in [0.05, 0.1) is 12.8 Å². The highest BCUT2D eigenvalue weighted by Crippen LogP contribution is 2.49. The van der Waals surface area contributed by atoms with E-state index in [-0.39, 0.29) is 0 Å². The lowest BCUT2D eigenvalue weighted by Gasteiger charge is -2.19. The molecule has 4 heteroatoms. The molecule has 0 spiro atoms. The molecule has 0 aliphatic rings. The number of hydrogen-bond acceptors (Lipinski definition) is 3. The fourth-order valence-corrected chi connectivity index (χ4v) is 3.49. The van der Waals surface area contributed by atoms with E-state index < -0.39 is 7.60 Å². The highest BCUT2D eigenvalue weighted by molar-refractivity contribution is 7.54. The predicted molar refractivity (Wildman–Crippen MR) is 80.0 cm³/mol. The maximum absolute atomic E-state index is 12.7. The second-order valence-corrected chi connectivity index (χ2v) is 6.89. The van der Waals surface area contributed by atoms with Crippen LogP contribution in [0.3, 0.4) is 0 Å². The molecular formula is C15H25O3P. The summed E-state index contributed by atoms with van der Waals surface area (Å²) in [5.74, 6) is 0.635. The summed E-state index contributed by atoms with van der Waals surface area (Å²) in [4.78, 5) is 0. The molecule has 3 nitrogen and oxygen atoms in total. The van der Waals surface area contributed by atoms with E-state index in [1.54, 1.807) is 0 Å². The van der Waals surface area contributed by atoms with Gasteiger partial charge in [0.15, 0.2) is 0 Å². The molecule has 1 aromatic rings. The van der Waals surface area contributed by atoms with Gasteiger partial charge in [0.2, 0.25) is 0 Å². The summed E-state index contributed by atoms with van der Waals surface area (Å²) in [5, 5.41) is 0. The maximum Gasteiger partial charge on any atom is 0.379 e. The van der Waals surface area contributed by atoms with Gasteiger partial charge in [-0.1, -0.05) is 38.8 Å². The van der Waals surface area contributed by atoms with Crippen molar-refractivity contribution < 1.29 is 13.6 Å². The Bertz CT molecular complexity index is 418. The van der Waals surface area contributed by atoms with Gasteiger partial charge in [-0.2, -0.15) is 0 Å². The first-order chi connectivity index (χ1) is 9.09. The lowest BCUT2D eigenvalue weighted by molar-refractivity contribution is 0.259. The van der Waals surface area contributed by atoms with E-state index in [1.165, 1.54) is 0 Å². The van der Waals surface area contributed by atoms with E-state index >= 15 is 0 Å². The van der Waals surface area contributed by atoms with Crippen molar-refractivity contribution in [2.75, 3.05) is 12.8 Å². The Hall–Kier alpha value is -0.790. The van der Waals surface area contributed by atoms with Crippen LogP contribution in [0.25, 0.3) is 0 Å². The van der Waals surface area contributed by atoms with E-state index in [0.29, 0.717) is 18.5 Å². The average Bonchev–Trinajstić information content (AvgIpc) is 2.37. The Morgan fingerprint density at radius 3 is 2.53 bits per heavy atom. The molecule has 0 aliphatic heterocycles. The molecule has 0 aromatic heterocycles. The molecule has 0 fully saturated rings. The van der Waals surface area contributed by atoms with Crippen LogP contribution in [0, 0.1) is 6.92 Å². The van der Waals surface area contributed by atoms with Gasteiger partial charge >= 0.3 is 7.60 Å². The number of unbranched alkanes of at least 4 members (excludes halogenated alkanes) is 2. The van der Waals surface area contributed by atoms with Crippen molar-refractivity contribution in [1.82, 2.24) is 0 Å². The Labute approximate surface area is 116 Å². The molecule has 0 saturated heterocycles. The van der Waals surface area contributed by atoms with Gasteiger partial charge < -0.3 is 4.52 Å². The lowest BCUT2D eigenvalue weighted by Crippen LogP contribution is -2.04. The topological polar surface area (TPSA) is 35.5 Å². The third-order valence-electron chi connectivity index (χ3n) is 2.81. The zero-order valence-electron chi connectivity index (χ0n) is 12.2. The molecule has 0 radical (unpaired) electrons. The van der Waals surface area contributed by atoms with Gasteiger partial charge in [-0.05, 0) is 37.5 Å². The molecule has 0 N–H and O–H groups in total. The smallest absolute Gasteiger partial charge is 0.379 e. The van der Waals surface area contributed by atoms with Crippen molar-refractivity contribution in [2.24, 2.45) is 0 Å². The fourth-order valence-electron chi connectivity index (χ4n) is 1.67. The number of rotatable bonds is 9. The van der Waals surface area contributed by atoms with E-state index in [1.807, 2.05) is 31.2 Å². The van der Waals surface area contributed by atoms with Crippen LogP contribution < -0.4 is 4.52 Å². The molecule has 1 atom stereocenters. The summed E-state index contributed by atoms with van der Waals surface area (Å²) in [6.07, 6.45) is 4.26. The summed E-state index contributed by atoms with van der Waals surface area (Å²) in [5.41, 5.74) is 1.09. The average molecular weight is 284 g/mol. The fraction of sp³-hybridized carbons (Fsp3) is 0.600. The Morgan fingerprint density at radius 2 is 1.89 bits per heavy atom. The van der Waals surface area contributed by atoms with Crippen LogP contribution in [0.15, 0.2) is 24.3 Å². The maximum atomic E-state index is 12.7. The van der Waals surface area contributed by atoms with E-state index in [0.717, 1.165) is 31.2 Å². The monoisotopic (exact) mass is 284 g/mol. The van der Waals surface area contributed by atoms with Crippen molar-refractivity contribution in [3.05, 3.63) is 29.8 Å². The molecule has 0 amide bonds. The third-order valence-corrected chi connectivity index (χ3v) is 4.73. The Morgan fingerprint density at radius 1 is 1.16 bits per heavy atom. The molecule has 1 rings (SSSR count). The first kappa shape index (κ1) is 16.3. The Kier molecular flexibility index (Phi) is 7.19. The van der Waals surface area contributed by atoms with Gasteiger partial charge in [0.1, 0.15) is 5.75 Å².